The molecule has 0 heterocycles. The number of carboxylic acids is 2. The lowest BCUT2D eigenvalue weighted by atomic mass is 9.96. The molecule has 0 fully saturated rings. The maximum atomic E-state index is 12.2. The van der Waals surface area contributed by atoms with Crippen molar-refractivity contribution >= 4 is 35.6 Å². The average molecular weight is 923 g/mol. The number of ether oxygens (including phenoxy) is 8. The zero-order valence-electron chi connectivity index (χ0n) is 38.9. The van der Waals surface area contributed by atoms with E-state index in [1.54, 1.807) is 0 Å². The zero-order valence-corrected chi connectivity index (χ0v) is 38.9. The van der Waals surface area contributed by atoms with Gasteiger partial charge in [-0.05, 0) is 25.7 Å². The maximum Gasteiger partial charge on any atom is 0.305 e. The largest absolute Gasteiger partial charge is 0.481 e. The lowest BCUT2D eigenvalue weighted by molar-refractivity contribution is -0.139. The van der Waals surface area contributed by atoms with Gasteiger partial charge in [0.25, 0.3) is 0 Å². The van der Waals surface area contributed by atoms with E-state index in [-0.39, 0.29) is 67.9 Å². The predicted octanol–water partition coefficient (Wildman–Crippen LogP) is 2.63. The van der Waals surface area contributed by atoms with Crippen LogP contribution in [0.1, 0.15) is 110 Å². The molecule has 0 radical (unpaired) electrons. The second-order valence-corrected chi connectivity index (χ2v) is 15.8. The highest BCUT2D eigenvalue weighted by Crippen LogP contribution is 2.16. The fraction of sp³-hybridized carbons (Fsp3) is 0.864. The Labute approximate surface area is 380 Å². The number of hydrogen-bond donors (Lipinski definition) is 6. The first-order valence-corrected chi connectivity index (χ1v) is 23.0. The Kier molecular flexibility index (Phi) is 42.2. The third-order valence-electron chi connectivity index (χ3n) is 9.03. The smallest absolute Gasteiger partial charge is 0.305 e. The minimum atomic E-state index is -0.896. The molecule has 20 heteroatoms. The summed E-state index contributed by atoms with van der Waals surface area (Å²) in [5.74, 6) is -1.92. The van der Waals surface area contributed by atoms with Crippen molar-refractivity contribution in [3.05, 3.63) is 0 Å². The standard InChI is InChI=1S/C44H82N4O16/c1-44(2,37-64-23-15-41(52)46-19-11-7-5-9-13-39(50)48-21-27-60-31-35-62-33-29-58-25-17-43(55)56)36-63-22-14-40(51)45-18-10-6-3-4-8-12-38(49)47-20-26-59-30-34-61-32-28-57-24-16-42(53)54/h3-37H2,1-2H3,(H,45,51)(H,46,52)(H,47,49)(H,48,50)(H,53,54)(H,55,56). The Morgan fingerprint density at radius 1 is 0.328 bits per heavy atom. The summed E-state index contributed by atoms with van der Waals surface area (Å²) in [6.45, 7) is 11.6. The molecule has 6 N–H and O–H groups in total. The van der Waals surface area contributed by atoms with E-state index in [1.165, 1.54) is 0 Å². The quantitative estimate of drug-likeness (QED) is 0.0479. The number of unbranched alkanes of at least 4 members (excludes halogenated alkanes) is 7. The fourth-order valence-corrected chi connectivity index (χ4v) is 5.51. The molecule has 0 aromatic carbocycles. The first kappa shape index (κ1) is 60.5. The highest BCUT2D eigenvalue weighted by molar-refractivity contribution is 5.77. The molecule has 0 atom stereocenters. The van der Waals surface area contributed by atoms with Crippen LogP contribution in [0.15, 0.2) is 0 Å². The average Bonchev–Trinajstić information content (AvgIpc) is 3.25. The van der Waals surface area contributed by atoms with Gasteiger partial charge in [0.05, 0.1) is 119 Å². The van der Waals surface area contributed by atoms with Crippen molar-refractivity contribution in [1.29, 1.82) is 0 Å². The van der Waals surface area contributed by atoms with E-state index in [9.17, 15) is 28.8 Å². The Morgan fingerprint density at radius 2 is 0.609 bits per heavy atom. The molecule has 0 aliphatic rings. The Hall–Kier alpha value is -3.50. The van der Waals surface area contributed by atoms with Crippen LogP contribution in [0.25, 0.3) is 0 Å². The molecule has 0 aromatic heterocycles. The third-order valence-corrected chi connectivity index (χ3v) is 9.03. The number of aliphatic carboxylic acids is 2. The highest BCUT2D eigenvalue weighted by atomic mass is 16.6. The molecular weight excluding hydrogens is 840 g/mol. The first-order valence-electron chi connectivity index (χ1n) is 23.0. The Balaban J connectivity index is 3.53. The van der Waals surface area contributed by atoms with E-state index in [1.807, 2.05) is 13.8 Å². The molecule has 374 valence electrons. The van der Waals surface area contributed by atoms with Gasteiger partial charge in [0, 0.05) is 57.3 Å². The molecule has 0 aromatic rings. The van der Waals surface area contributed by atoms with Gasteiger partial charge < -0.3 is 69.4 Å². The predicted molar refractivity (Wildman–Crippen MR) is 237 cm³/mol. The number of nitrogens with one attached hydrogen (secondary N) is 4. The second kappa shape index (κ2) is 44.7. The van der Waals surface area contributed by atoms with Crippen LogP contribution in [0.3, 0.4) is 0 Å². The fourth-order valence-electron chi connectivity index (χ4n) is 5.51. The number of amides is 4. The van der Waals surface area contributed by atoms with Crippen molar-refractivity contribution in [2.45, 2.75) is 110 Å². The lowest BCUT2D eigenvalue weighted by Gasteiger charge is -2.24. The molecule has 0 bridgehead atoms. The number of hydrogen-bond acceptors (Lipinski definition) is 14. The molecular formula is C44H82N4O16. The van der Waals surface area contributed by atoms with Gasteiger partial charge in [-0.2, -0.15) is 0 Å². The summed E-state index contributed by atoms with van der Waals surface area (Å²) in [7, 11) is 0. The molecule has 0 aliphatic carbocycles. The van der Waals surface area contributed by atoms with Gasteiger partial charge in [-0.15, -0.1) is 0 Å². The van der Waals surface area contributed by atoms with Gasteiger partial charge in [-0.25, -0.2) is 0 Å². The number of rotatable bonds is 49. The van der Waals surface area contributed by atoms with Crippen LogP contribution in [0.4, 0.5) is 0 Å². The van der Waals surface area contributed by atoms with Crippen molar-refractivity contribution < 1.29 is 76.9 Å². The lowest BCUT2D eigenvalue weighted by Crippen LogP contribution is -2.29. The van der Waals surface area contributed by atoms with Crippen LogP contribution < -0.4 is 21.3 Å². The van der Waals surface area contributed by atoms with Gasteiger partial charge in [-0.3, -0.25) is 28.8 Å². The minimum Gasteiger partial charge on any atom is -0.481 e. The SMILES string of the molecule is CC(C)(COCCC(=O)NCCCCCCCC(=O)NCCOCCOCCOCCC(=O)O)COCCC(=O)NCCCCCCC(=O)NCCOCCOCCOCCC(=O)O. The van der Waals surface area contributed by atoms with E-state index >= 15 is 0 Å². The Morgan fingerprint density at radius 3 is 0.984 bits per heavy atom. The molecule has 20 nitrogen and oxygen atoms in total. The van der Waals surface area contributed by atoms with Gasteiger partial charge in [0.2, 0.25) is 23.6 Å². The van der Waals surface area contributed by atoms with Crippen molar-refractivity contribution in [3.63, 3.8) is 0 Å². The van der Waals surface area contributed by atoms with Gasteiger partial charge in [0.15, 0.2) is 0 Å². The molecule has 0 unspecified atom stereocenters. The third kappa shape index (κ3) is 48.0. The van der Waals surface area contributed by atoms with E-state index in [4.69, 9.17) is 48.1 Å². The number of carbonyl (C=O) groups is 6. The van der Waals surface area contributed by atoms with E-state index < -0.39 is 11.9 Å². The molecule has 4 amide bonds. The van der Waals surface area contributed by atoms with Crippen LogP contribution in [0, 0.1) is 5.41 Å². The van der Waals surface area contributed by atoms with Crippen LogP contribution >= 0.6 is 0 Å². The molecule has 0 aliphatic heterocycles. The topological polar surface area (TPSA) is 265 Å². The highest BCUT2D eigenvalue weighted by Gasteiger charge is 2.19. The summed E-state index contributed by atoms with van der Waals surface area (Å²) in [6.07, 6.45) is 9.42. The summed E-state index contributed by atoms with van der Waals surface area (Å²) in [5, 5.41) is 28.6. The van der Waals surface area contributed by atoms with Gasteiger partial charge in [0.1, 0.15) is 0 Å². The number of carboxylic acid groups (broad SMARTS) is 2. The van der Waals surface area contributed by atoms with Crippen molar-refractivity contribution in [2.75, 3.05) is 132 Å². The second-order valence-electron chi connectivity index (χ2n) is 15.8. The molecule has 64 heavy (non-hydrogen) atoms. The van der Waals surface area contributed by atoms with Crippen LogP contribution in [-0.4, -0.2) is 178 Å². The van der Waals surface area contributed by atoms with Crippen LogP contribution in [-0.2, 0) is 66.7 Å². The van der Waals surface area contributed by atoms with Crippen molar-refractivity contribution in [3.8, 4) is 0 Å². The monoisotopic (exact) mass is 923 g/mol. The normalized spacial score (nSPS) is 11.3. The summed E-state index contributed by atoms with van der Waals surface area (Å²) in [6, 6.07) is 0. The summed E-state index contributed by atoms with van der Waals surface area (Å²) >= 11 is 0. The number of carbonyl (C=O) groups excluding carboxylic acids is 4. The summed E-state index contributed by atoms with van der Waals surface area (Å²) < 4.78 is 43.2. The first-order chi connectivity index (χ1) is 30.9. The van der Waals surface area contributed by atoms with E-state index in [0.717, 1.165) is 57.8 Å². The van der Waals surface area contributed by atoms with Gasteiger partial charge in [-0.1, -0.05) is 46.0 Å². The zero-order chi connectivity index (χ0) is 47.2. The molecule has 0 spiro atoms. The molecule has 0 saturated carbocycles. The van der Waals surface area contributed by atoms with Gasteiger partial charge >= 0.3 is 11.9 Å². The van der Waals surface area contributed by atoms with Crippen molar-refractivity contribution in [2.24, 2.45) is 5.41 Å². The van der Waals surface area contributed by atoms with E-state index in [2.05, 4.69) is 21.3 Å². The maximum absolute atomic E-state index is 12.2. The Bertz CT molecular complexity index is 1200. The summed E-state index contributed by atoms with van der Waals surface area (Å²) in [5.41, 5.74) is -0.270. The van der Waals surface area contributed by atoms with Crippen LogP contribution in [0.2, 0.25) is 0 Å². The van der Waals surface area contributed by atoms with Crippen molar-refractivity contribution in [1.82, 2.24) is 21.3 Å². The summed E-state index contributed by atoms with van der Waals surface area (Å²) in [4.78, 5) is 69.1. The van der Waals surface area contributed by atoms with Crippen LogP contribution in [0.5, 0.6) is 0 Å². The van der Waals surface area contributed by atoms with E-state index in [0.29, 0.717) is 132 Å². The molecule has 0 rings (SSSR count). The molecule has 0 saturated heterocycles. The minimum absolute atomic E-state index is 0.000195.